The molecule has 0 radical (unpaired) electrons. The van der Waals surface area contributed by atoms with Crippen LogP contribution >= 0.6 is 0 Å². The van der Waals surface area contributed by atoms with Crippen LogP contribution in [0.4, 0.5) is 0 Å². The average Bonchev–Trinajstić information content (AvgIpc) is 3.00. The molecule has 1 aliphatic rings. The Balaban J connectivity index is 1.92. The van der Waals surface area contributed by atoms with E-state index in [1.807, 2.05) is 88.4 Å². The smallest absolute Gasteiger partial charge is 0.236 e. The van der Waals surface area contributed by atoms with Gasteiger partial charge in [-0.2, -0.15) is 0 Å². The van der Waals surface area contributed by atoms with Gasteiger partial charge in [-0.1, -0.05) is 108 Å². The van der Waals surface area contributed by atoms with Crippen molar-refractivity contribution in [2.24, 2.45) is 5.41 Å². The predicted molar refractivity (Wildman–Crippen MR) is 161 cm³/mol. The quantitative estimate of drug-likeness (QED) is 0.234. The van der Waals surface area contributed by atoms with E-state index in [0.29, 0.717) is 51.4 Å². The van der Waals surface area contributed by atoms with Crippen LogP contribution in [0.1, 0.15) is 96.6 Å². The van der Waals surface area contributed by atoms with Crippen LogP contribution in [0.2, 0.25) is 0 Å². The topological polar surface area (TPSA) is 98.7 Å². The second-order valence-electron chi connectivity index (χ2n) is 11.7. The van der Waals surface area contributed by atoms with Crippen molar-refractivity contribution in [3.63, 3.8) is 0 Å². The Morgan fingerprint density at radius 3 is 1.35 bits per heavy atom. The highest BCUT2D eigenvalue weighted by Crippen LogP contribution is 2.38. The molecule has 0 saturated heterocycles. The molecular formula is C34H50N2O4. The first-order chi connectivity index (χ1) is 19.2. The number of carbonyl (C=O) groups is 2. The van der Waals surface area contributed by atoms with Crippen LogP contribution in [0.15, 0.2) is 60.7 Å². The van der Waals surface area contributed by atoms with Crippen molar-refractivity contribution in [1.29, 1.82) is 0 Å². The normalized spacial score (nSPS) is 17.1. The third-order valence-corrected chi connectivity index (χ3v) is 9.50. The SMILES string of the molecule is CCC(O)(CC)[C@@H](Cc1ccccc1)NC(=O)C1(C(=O)N[C@H](Cc2ccccc2)C(O)(CC)CC)CCCCC1. The summed E-state index contributed by atoms with van der Waals surface area (Å²) in [5.74, 6) is -0.637. The zero-order chi connectivity index (χ0) is 29.2. The molecule has 0 bridgehead atoms. The number of carbonyl (C=O) groups excluding carboxylic acids is 2. The Morgan fingerprint density at radius 2 is 1.02 bits per heavy atom. The maximum Gasteiger partial charge on any atom is 0.236 e. The Bertz CT molecular complexity index is 978. The molecule has 0 heterocycles. The Morgan fingerprint density at radius 1 is 0.675 bits per heavy atom. The summed E-state index contributed by atoms with van der Waals surface area (Å²) in [6, 6.07) is 18.6. The maximum absolute atomic E-state index is 14.2. The van der Waals surface area contributed by atoms with Crippen LogP contribution in [-0.4, -0.2) is 45.3 Å². The van der Waals surface area contributed by atoms with Gasteiger partial charge in [0.2, 0.25) is 11.8 Å². The first-order valence-electron chi connectivity index (χ1n) is 15.3. The lowest BCUT2D eigenvalue weighted by atomic mass is 9.71. The van der Waals surface area contributed by atoms with E-state index in [1.54, 1.807) is 0 Å². The standard InChI is InChI=1S/C34H50N2O4/c1-5-33(39,6-2)28(24-26-18-12-9-13-19-26)35-30(37)32(22-16-11-17-23-32)31(38)36-29(34(40,7-3)8-4)25-27-20-14-10-15-21-27/h9-10,12-15,18-21,28-29,39-40H,5-8,11,16-17,22-25H2,1-4H3,(H,35,37)(H,36,38)/t28-,29-/m1/s1. The lowest BCUT2D eigenvalue weighted by molar-refractivity contribution is -0.149. The first kappa shape index (κ1) is 31.8. The van der Waals surface area contributed by atoms with Gasteiger partial charge in [-0.25, -0.2) is 0 Å². The zero-order valence-corrected chi connectivity index (χ0v) is 24.9. The van der Waals surface area contributed by atoms with E-state index in [-0.39, 0.29) is 11.8 Å². The van der Waals surface area contributed by atoms with E-state index < -0.39 is 28.7 Å². The Kier molecular flexibility index (Phi) is 11.4. The van der Waals surface area contributed by atoms with E-state index in [0.717, 1.165) is 30.4 Å². The molecule has 4 N–H and O–H groups in total. The molecule has 3 rings (SSSR count). The number of amides is 2. The fourth-order valence-corrected chi connectivity index (χ4v) is 6.24. The molecule has 6 nitrogen and oxygen atoms in total. The van der Waals surface area contributed by atoms with Crippen LogP contribution in [0.3, 0.4) is 0 Å². The summed E-state index contributed by atoms with van der Waals surface area (Å²) in [5.41, 5.74) is -1.40. The van der Waals surface area contributed by atoms with Gasteiger partial charge < -0.3 is 20.8 Å². The van der Waals surface area contributed by atoms with Crippen LogP contribution in [0.25, 0.3) is 0 Å². The molecule has 1 saturated carbocycles. The molecule has 2 aromatic rings. The summed E-state index contributed by atoms with van der Waals surface area (Å²) in [6.07, 6.45) is 6.34. The molecule has 0 unspecified atom stereocenters. The average molecular weight is 551 g/mol. The van der Waals surface area contributed by atoms with Crippen molar-refractivity contribution in [1.82, 2.24) is 10.6 Å². The van der Waals surface area contributed by atoms with Crippen LogP contribution in [-0.2, 0) is 22.4 Å². The van der Waals surface area contributed by atoms with Crippen LogP contribution < -0.4 is 10.6 Å². The highest BCUT2D eigenvalue weighted by atomic mass is 16.3. The molecule has 1 fully saturated rings. The van der Waals surface area contributed by atoms with Gasteiger partial charge in [0.15, 0.2) is 0 Å². The van der Waals surface area contributed by atoms with Crippen LogP contribution in [0.5, 0.6) is 0 Å². The van der Waals surface area contributed by atoms with Crippen molar-refractivity contribution in [2.75, 3.05) is 0 Å². The third kappa shape index (κ3) is 7.32. The summed E-state index contributed by atoms with van der Waals surface area (Å²) < 4.78 is 0. The van der Waals surface area contributed by atoms with E-state index in [1.165, 1.54) is 0 Å². The fourth-order valence-electron chi connectivity index (χ4n) is 6.24. The summed E-state index contributed by atoms with van der Waals surface area (Å²) in [6.45, 7) is 7.73. The van der Waals surface area contributed by atoms with E-state index in [2.05, 4.69) is 10.6 Å². The third-order valence-electron chi connectivity index (χ3n) is 9.50. The zero-order valence-electron chi connectivity index (χ0n) is 24.9. The second-order valence-corrected chi connectivity index (χ2v) is 11.7. The summed E-state index contributed by atoms with van der Waals surface area (Å²) in [4.78, 5) is 28.4. The lowest BCUT2D eigenvalue weighted by Gasteiger charge is -2.42. The minimum absolute atomic E-state index is 0.319. The maximum atomic E-state index is 14.2. The molecule has 1 aliphatic carbocycles. The molecular weight excluding hydrogens is 500 g/mol. The summed E-state index contributed by atoms with van der Waals surface area (Å²) in [5, 5.41) is 29.5. The van der Waals surface area contributed by atoms with Crippen LogP contribution in [0, 0.1) is 5.41 Å². The summed E-state index contributed by atoms with van der Waals surface area (Å²) >= 11 is 0. The largest absolute Gasteiger partial charge is 0.388 e. The number of hydrogen-bond donors (Lipinski definition) is 4. The number of hydrogen-bond acceptors (Lipinski definition) is 4. The van der Waals surface area contributed by atoms with Gasteiger partial charge in [-0.05, 0) is 62.5 Å². The monoisotopic (exact) mass is 550 g/mol. The fraction of sp³-hybridized carbons (Fsp3) is 0.588. The van der Waals surface area contributed by atoms with Gasteiger partial charge in [0, 0.05) is 0 Å². The van der Waals surface area contributed by atoms with Gasteiger partial charge in [0.1, 0.15) is 5.41 Å². The van der Waals surface area contributed by atoms with Gasteiger partial charge in [-0.3, -0.25) is 9.59 Å². The molecule has 2 aromatic carbocycles. The Labute approximate surface area is 241 Å². The van der Waals surface area contributed by atoms with Crippen molar-refractivity contribution in [3.05, 3.63) is 71.8 Å². The van der Waals surface area contributed by atoms with E-state index in [9.17, 15) is 19.8 Å². The van der Waals surface area contributed by atoms with Crippen molar-refractivity contribution >= 4 is 11.8 Å². The van der Waals surface area contributed by atoms with Gasteiger partial charge in [-0.15, -0.1) is 0 Å². The second kappa shape index (κ2) is 14.3. The molecule has 0 spiro atoms. The highest BCUT2D eigenvalue weighted by molar-refractivity contribution is 6.05. The minimum atomic E-state index is -1.24. The number of benzene rings is 2. The minimum Gasteiger partial charge on any atom is -0.388 e. The van der Waals surface area contributed by atoms with E-state index >= 15 is 0 Å². The molecule has 220 valence electrons. The first-order valence-corrected chi connectivity index (χ1v) is 15.3. The van der Waals surface area contributed by atoms with Gasteiger partial charge in [0.25, 0.3) is 0 Å². The number of aliphatic hydroxyl groups is 2. The molecule has 0 aliphatic heterocycles. The highest BCUT2D eigenvalue weighted by Gasteiger charge is 2.50. The van der Waals surface area contributed by atoms with E-state index in [4.69, 9.17) is 0 Å². The molecule has 0 aromatic heterocycles. The Hall–Kier alpha value is -2.70. The molecule has 40 heavy (non-hydrogen) atoms. The van der Waals surface area contributed by atoms with Gasteiger partial charge >= 0.3 is 0 Å². The van der Waals surface area contributed by atoms with Gasteiger partial charge in [0.05, 0.1) is 23.3 Å². The van der Waals surface area contributed by atoms with Crippen molar-refractivity contribution < 1.29 is 19.8 Å². The molecule has 6 heteroatoms. The predicted octanol–water partition coefficient (Wildman–Crippen LogP) is 5.49. The van der Waals surface area contributed by atoms with Crippen molar-refractivity contribution in [3.8, 4) is 0 Å². The van der Waals surface area contributed by atoms with Crippen molar-refractivity contribution in [2.45, 2.75) is 122 Å². The molecule has 2 atom stereocenters. The summed E-state index contributed by atoms with van der Waals surface area (Å²) in [7, 11) is 0. The number of nitrogens with one attached hydrogen (secondary N) is 2. The number of rotatable bonds is 14. The lowest BCUT2D eigenvalue weighted by Crippen LogP contribution is -2.62. The molecule has 2 amide bonds.